The van der Waals surface area contributed by atoms with Crippen molar-refractivity contribution in [2.45, 2.75) is 24.7 Å². The third kappa shape index (κ3) is 3.65. The number of carbonyl (C=O) groups is 2. The molecule has 1 aromatic carbocycles. The first-order chi connectivity index (χ1) is 12.3. The molecule has 1 fully saturated rings. The third-order valence-corrected chi connectivity index (χ3v) is 6.61. The zero-order valence-electron chi connectivity index (χ0n) is 14.3. The van der Waals surface area contributed by atoms with Crippen LogP contribution in [0.4, 0.5) is 10.5 Å². The number of fused-ring (bicyclic) bond motifs is 1. The van der Waals surface area contributed by atoms with Gasteiger partial charge in [-0.1, -0.05) is 11.6 Å². The van der Waals surface area contributed by atoms with E-state index in [1.54, 1.807) is 13.0 Å². The standard InChI is InChI=1S/C16H20ClN3O5S/c1-2-25-16(22)19-5-7-20(8-6-19)26(23,24)12-9-11-3-4-14(21)18-15(11)13(17)10-12/h9-10H,2-8H2,1H3,(H,18,21). The van der Waals surface area contributed by atoms with Gasteiger partial charge in [-0.25, -0.2) is 13.2 Å². The van der Waals surface area contributed by atoms with Crippen molar-refractivity contribution in [3.05, 3.63) is 22.7 Å². The highest BCUT2D eigenvalue weighted by Crippen LogP contribution is 2.34. The summed E-state index contributed by atoms with van der Waals surface area (Å²) in [7, 11) is -3.74. The van der Waals surface area contributed by atoms with Gasteiger partial charge < -0.3 is 15.0 Å². The summed E-state index contributed by atoms with van der Waals surface area (Å²) in [6.45, 7) is 2.92. The molecule has 1 N–H and O–H groups in total. The van der Waals surface area contributed by atoms with Gasteiger partial charge in [-0.05, 0) is 31.0 Å². The molecule has 0 radical (unpaired) electrons. The van der Waals surface area contributed by atoms with Crippen molar-refractivity contribution in [3.8, 4) is 0 Å². The minimum Gasteiger partial charge on any atom is -0.450 e. The molecule has 0 bridgehead atoms. The van der Waals surface area contributed by atoms with Crippen molar-refractivity contribution in [2.75, 3.05) is 38.1 Å². The van der Waals surface area contributed by atoms with Crippen LogP contribution in [-0.2, 0) is 26.0 Å². The van der Waals surface area contributed by atoms with E-state index in [0.717, 1.165) is 0 Å². The lowest BCUT2D eigenvalue weighted by atomic mass is 10.0. The monoisotopic (exact) mass is 401 g/mol. The first-order valence-electron chi connectivity index (χ1n) is 8.37. The molecule has 26 heavy (non-hydrogen) atoms. The number of carbonyl (C=O) groups excluding carboxylic acids is 2. The van der Waals surface area contributed by atoms with E-state index in [2.05, 4.69) is 5.32 Å². The Hall–Kier alpha value is -1.84. The summed E-state index contributed by atoms with van der Waals surface area (Å²) in [5, 5.41) is 2.89. The van der Waals surface area contributed by atoms with Crippen LogP contribution < -0.4 is 5.32 Å². The van der Waals surface area contributed by atoms with E-state index in [4.69, 9.17) is 16.3 Å². The lowest BCUT2D eigenvalue weighted by Crippen LogP contribution is -2.50. The van der Waals surface area contributed by atoms with E-state index in [9.17, 15) is 18.0 Å². The smallest absolute Gasteiger partial charge is 0.409 e. The molecule has 8 nitrogen and oxygen atoms in total. The van der Waals surface area contributed by atoms with Crippen LogP contribution in [0, 0.1) is 0 Å². The minimum absolute atomic E-state index is 0.0991. The molecular weight excluding hydrogens is 382 g/mol. The number of ether oxygens (including phenoxy) is 1. The van der Waals surface area contributed by atoms with Gasteiger partial charge in [-0.15, -0.1) is 0 Å². The average molecular weight is 402 g/mol. The fourth-order valence-corrected chi connectivity index (χ4v) is 4.90. The van der Waals surface area contributed by atoms with Crippen LogP contribution >= 0.6 is 11.6 Å². The van der Waals surface area contributed by atoms with Crippen molar-refractivity contribution < 1.29 is 22.7 Å². The first-order valence-corrected chi connectivity index (χ1v) is 10.2. The van der Waals surface area contributed by atoms with E-state index >= 15 is 0 Å². The van der Waals surface area contributed by atoms with Gasteiger partial charge in [0.15, 0.2) is 0 Å². The van der Waals surface area contributed by atoms with Crippen molar-refractivity contribution in [2.24, 2.45) is 0 Å². The summed E-state index contributed by atoms with van der Waals surface area (Å²) in [5.74, 6) is -0.134. The molecule has 0 aliphatic carbocycles. The fourth-order valence-electron chi connectivity index (χ4n) is 3.05. The normalized spacial score (nSPS) is 18.2. The maximum atomic E-state index is 12.9. The Morgan fingerprint density at radius 1 is 1.23 bits per heavy atom. The number of rotatable bonds is 3. The summed E-state index contributed by atoms with van der Waals surface area (Å²) < 4.78 is 32.2. The van der Waals surface area contributed by atoms with E-state index in [0.29, 0.717) is 24.1 Å². The SMILES string of the molecule is CCOC(=O)N1CCN(S(=O)(=O)c2cc(Cl)c3c(c2)CCC(=O)N3)CC1. The van der Waals surface area contributed by atoms with Crippen LogP contribution in [0.1, 0.15) is 18.9 Å². The number of benzene rings is 1. The van der Waals surface area contributed by atoms with Gasteiger partial charge in [0, 0.05) is 32.6 Å². The number of hydrogen-bond donors (Lipinski definition) is 1. The average Bonchev–Trinajstić information content (AvgIpc) is 2.62. The van der Waals surface area contributed by atoms with Gasteiger partial charge in [0.25, 0.3) is 0 Å². The van der Waals surface area contributed by atoms with Gasteiger partial charge in [0.2, 0.25) is 15.9 Å². The van der Waals surface area contributed by atoms with Gasteiger partial charge in [0.05, 0.1) is 22.2 Å². The molecule has 1 aromatic rings. The molecule has 142 valence electrons. The second kappa shape index (κ2) is 7.42. The zero-order chi connectivity index (χ0) is 18.9. The summed E-state index contributed by atoms with van der Waals surface area (Å²) in [6.07, 6.45) is 0.309. The predicted molar refractivity (Wildman–Crippen MR) is 95.8 cm³/mol. The number of hydrogen-bond acceptors (Lipinski definition) is 5. The maximum absolute atomic E-state index is 12.9. The molecule has 2 aliphatic rings. The number of nitrogens with one attached hydrogen (secondary N) is 1. The van der Waals surface area contributed by atoms with Gasteiger partial charge in [0.1, 0.15) is 0 Å². The lowest BCUT2D eigenvalue weighted by Gasteiger charge is -2.33. The van der Waals surface area contributed by atoms with Crippen molar-refractivity contribution in [3.63, 3.8) is 0 Å². The topological polar surface area (TPSA) is 96.0 Å². The van der Waals surface area contributed by atoms with E-state index in [-0.39, 0.29) is 48.6 Å². The third-order valence-electron chi connectivity index (χ3n) is 4.43. The highest BCUT2D eigenvalue weighted by molar-refractivity contribution is 7.89. The molecule has 0 unspecified atom stereocenters. The quantitative estimate of drug-likeness (QED) is 0.831. The maximum Gasteiger partial charge on any atom is 0.409 e. The van der Waals surface area contributed by atoms with Crippen molar-refractivity contribution in [1.29, 1.82) is 0 Å². The van der Waals surface area contributed by atoms with Crippen LogP contribution in [0.3, 0.4) is 0 Å². The van der Waals surface area contributed by atoms with Gasteiger partial charge in [-0.2, -0.15) is 4.31 Å². The van der Waals surface area contributed by atoms with E-state index < -0.39 is 16.1 Å². The Balaban J connectivity index is 1.78. The summed E-state index contributed by atoms with van der Waals surface area (Å²) in [5.41, 5.74) is 1.19. The highest BCUT2D eigenvalue weighted by atomic mass is 35.5. The number of amides is 2. The summed E-state index contributed by atoms with van der Waals surface area (Å²) in [6, 6.07) is 2.92. The van der Waals surface area contributed by atoms with Crippen LogP contribution in [0.5, 0.6) is 0 Å². The Bertz CT molecular complexity index is 835. The van der Waals surface area contributed by atoms with Crippen LogP contribution in [0.15, 0.2) is 17.0 Å². The first kappa shape index (κ1) is 18.9. The number of aryl methyl sites for hydroxylation is 1. The summed E-state index contributed by atoms with van der Waals surface area (Å²) >= 11 is 6.19. The molecule has 3 rings (SSSR count). The molecule has 0 aromatic heterocycles. The number of nitrogens with zero attached hydrogens (tertiary/aromatic N) is 2. The number of anilines is 1. The van der Waals surface area contributed by atoms with Crippen LogP contribution in [-0.4, -0.2) is 62.4 Å². The van der Waals surface area contributed by atoms with Crippen LogP contribution in [0.2, 0.25) is 5.02 Å². The Morgan fingerprint density at radius 2 is 1.92 bits per heavy atom. The second-order valence-corrected chi connectivity index (χ2v) is 8.42. The highest BCUT2D eigenvalue weighted by Gasteiger charge is 2.32. The lowest BCUT2D eigenvalue weighted by molar-refractivity contribution is -0.116. The molecule has 0 saturated carbocycles. The van der Waals surface area contributed by atoms with E-state index in [1.807, 2.05) is 0 Å². The van der Waals surface area contributed by atoms with Gasteiger partial charge in [-0.3, -0.25) is 4.79 Å². The molecule has 10 heteroatoms. The largest absolute Gasteiger partial charge is 0.450 e. The second-order valence-electron chi connectivity index (χ2n) is 6.08. The molecule has 1 saturated heterocycles. The molecule has 2 heterocycles. The van der Waals surface area contributed by atoms with Crippen molar-refractivity contribution >= 4 is 39.3 Å². The minimum atomic E-state index is -3.74. The van der Waals surface area contributed by atoms with Crippen molar-refractivity contribution in [1.82, 2.24) is 9.21 Å². The molecule has 0 spiro atoms. The molecular formula is C16H20ClN3O5S. The predicted octanol–water partition coefficient (Wildman–Crippen LogP) is 1.69. The summed E-state index contributed by atoms with van der Waals surface area (Å²) in [4.78, 5) is 24.8. The number of piperazine rings is 1. The number of halogens is 1. The zero-order valence-corrected chi connectivity index (χ0v) is 15.9. The Labute approximate surface area is 157 Å². The van der Waals surface area contributed by atoms with Gasteiger partial charge >= 0.3 is 6.09 Å². The molecule has 2 amide bonds. The van der Waals surface area contributed by atoms with E-state index in [1.165, 1.54) is 15.3 Å². The molecule has 0 atom stereocenters. The Kier molecular flexibility index (Phi) is 5.40. The molecule has 2 aliphatic heterocycles. The Morgan fingerprint density at radius 3 is 2.58 bits per heavy atom. The number of sulfonamides is 1. The van der Waals surface area contributed by atoms with Crippen LogP contribution in [0.25, 0.3) is 0 Å². The fraction of sp³-hybridized carbons (Fsp3) is 0.500.